The summed E-state index contributed by atoms with van der Waals surface area (Å²) in [6.45, 7) is 0.0707. The Bertz CT molecular complexity index is 854. The van der Waals surface area contributed by atoms with Crippen LogP contribution in [0.1, 0.15) is 20.8 Å². The summed E-state index contributed by atoms with van der Waals surface area (Å²) in [5.74, 6) is -1.74. The van der Waals surface area contributed by atoms with Crippen molar-refractivity contribution in [3.8, 4) is 0 Å². The highest BCUT2D eigenvalue weighted by Gasteiger charge is 2.39. The smallest absolute Gasteiger partial charge is 0.336 e. The van der Waals surface area contributed by atoms with E-state index in [4.69, 9.17) is 0 Å². The van der Waals surface area contributed by atoms with E-state index in [1.807, 2.05) is 0 Å². The standard InChI is InChI=1S/C17H12F6N2O2S/c18-16(19,20)10-4-11(17(21,22)23)6-12(5-10)24-14(26)9-7-25(8-9)15(27)13-2-1-3-28-13/h1-6,9H,7-8H2,(H,24,26). The van der Waals surface area contributed by atoms with Crippen LogP contribution in [0.15, 0.2) is 35.7 Å². The molecule has 11 heteroatoms. The van der Waals surface area contributed by atoms with Crippen LogP contribution in [-0.4, -0.2) is 29.8 Å². The first-order chi connectivity index (χ1) is 12.9. The zero-order valence-electron chi connectivity index (χ0n) is 13.9. The minimum absolute atomic E-state index is 0.0135. The number of nitrogens with one attached hydrogen (secondary N) is 1. The third-order valence-electron chi connectivity index (χ3n) is 4.13. The van der Waals surface area contributed by atoms with Crippen LogP contribution in [0.2, 0.25) is 0 Å². The van der Waals surface area contributed by atoms with Crippen LogP contribution in [0, 0.1) is 5.92 Å². The lowest BCUT2D eigenvalue weighted by molar-refractivity contribution is -0.143. The molecule has 1 N–H and O–H groups in total. The van der Waals surface area contributed by atoms with Gasteiger partial charge in [-0.1, -0.05) is 6.07 Å². The number of hydrogen-bond acceptors (Lipinski definition) is 3. The maximum atomic E-state index is 12.9. The Hall–Kier alpha value is -2.56. The maximum absolute atomic E-state index is 12.9. The monoisotopic (exact) mass is 422 g/mol. The summed E-state index contributed by atoms with van der Waals surface area (Å²) >= 11 is 1.22. The SMILES string of the molecule is O=C(Nc1cc(C(F)(F)F)cc(C(F)(F)F)c1)C1CN(C(=O)c2cccs2)C1. The minimum atomic E-state index is -5.00. The Morgan fingerprint density at radius 1 is 1.00 bits per heavy atom. The molecule has 1 aromatic carbocycles. The summed E-state index contributed by atoms with van der Waals surface area (Å²) in [4.78, 5) is 26.1. The quantitative estimate of drug-likeness (QED) is 0.741. The van der Waals surface area contributed by atoms with Gasteiger partial charge >= 0.3 is 12.4 Å². The van der Waals surface area contributed by atoms with Gasteiger partial charge in [0.2, 0.25) is 5.91 Å². The lowest BCUT2D eigenvalue weighted by Crippen LogP contribution is -2.54. The third-order valence-corrected chi connectivity index (χ3v) is 4.98. The second-order valence-corrected chi connectivity index (χ2v) is 7.12. The number of rotatable bonds is 3. The average Bonchev–Trinajstić information content (AvgIpc) is 3.05. The summed E-state index contributed by atoms with van der Waals surface area (Å²) in [6, 6.07) is 4.18. The van der Waals surface area contributed by atoms with Crippen molar-refractivity contribution < 1.29 is 35.9 Å². The molecule has 28 heavy (non-hydrogen) atoms. The van der Waals surface area contributed by atoms with Gasteiger partial charge in [-0.15, -0.1) is 11.3 Å². The minimum Gasteiger partial charge on any atom is -0.336 e. The van der Waals surface area contributed by atoms with E-state index in [1.54, 1.807) is 17.5 Å². The molecule has 150 valence electrons. The molecule has 1 saturated heterocycles. The topological polar surface area (TPSA) is 49.4 Å². The predicted octanol–water partition coefficient (Wildman–Crippen LogP) is 4.50. The summed E-state index contributed by atoms with van der Waals surface area (Å²) in [5.41, 5.74) is -3.63. The largest absolute Gasteiger partial charge is 0.416 e. The molecule has 0 bridgehead atoms. The molecule has 2 heterocycles. The van der Waals surface area contributed by atoms with Gasteiger partial charge in [-0.2, -0.15) is 26.3 Å². The van der Waals surface area contributed by atoms with Crippen molar-refractivity contribution in [2.24, 2.45) is 5.92 Å². The van der Waals surface area contributed by atoms with Crippen molar-refractivity contribution in [2.45, 2.75) is 12.4 Å². The van der Waals surface area contributed by atoms with Gasteiger partial charge in [0.15, 0.2) is 0 Å². The van der Waals surface area contributed by atoms with E-state index in [9.17, 15) is 35.9 Å². The molecule has 0 saturated carbocycles. The second kappa shape index (κ2) is 7.12. The Morgan fingerprint density at radius 2 is 1.57 bits per heavy atom. The number of carbonyl (C=O) groups excluding carboxylic acids is 2. The molecule has 0 radical (unpaired) electrons. The number of amides is 2. The second-order valence-electron chi connectivity index (χ2n) is 6.17. The first kappa shape index (κ1) is 20.2. The van der Waals surface area contributed by atoms with Gasteiger partial charge in [-0.25, -0.2) is 0 Å². The highest BCUT2D eigenvalue weighted by atomic mass is 32.1. The Kier molecular flexibility index (Phi) is 5.13. The van der Waals surface area contributed by atoms with Crippen LogP contribution in [0.5, 0.6) is 0 Å². The van der Waals surface area contributed by atoms with Crippen molar-refractivity contribution in [3.05, 3.63) is 51.7 Å². The van der Waals surface area contributed by atoms with E-state index in [0.717, 1.165) is 0 Å². The summed E-state index contributed by atoms with van der Waals surface area (Å²) < 4.78 is 77.2. The van der Waals surface area contributed by atoms with Crippen LogP contribution in [0.25, 0.3) is 0 Å². The highest BCUT2D eigenvalue weighted by Crippen LogP contribution is 2.37. The van der Waals surface area contributed by atoms with E-state index in [1.165, 1.54) is 16.2 Å². The van der Waals surface area contributed by atoms with Crippen molar-refractivity contribution in [1.29, 1.82) is 0 Å². The van der Waals surface area contributed by atoms with E-state index in [0.29, 0.717) is 17.0 Å². The molecule has 2 amide bonds. The van der Waals surface area contributed by atoms with Crippen LogP contribution >= 0.6 is 11.3 Å². The lowest BCUT2D eigenvalue weighted by atomic mass is 9.98. The van der Waals surface area contributed by atoms with Gasteiger partial charge in [0.05, 0.1) is 21.9 Å². The number of alkyl halides is 6. The number of benzene rings is 1. The van der Waals surface area contributed by atoms with Crippen molar-refractivity contribution in [3.63, 3.8) is 0 Å². The van der Waals surface area contributed by atoms with Gasteiger partial charge in [0.25, 0.3) is 5.91 Å². The molecule has 3 rings (SSSR count). The molecular formula is C17H12F6N2O2S. The molecule has 0 unspecified atom stereocenters. The number of hydrogen-bond donors (Lipinski definition) is 1. The van der Waals surface area contributed by atoms with Gasteiger partial charge in [0.1, 0.15) is 0 Å². The summed E-state index contributed by atoms with van der Waals surface area (Å²) in [7, 11) is 0. The fourth-order valence-corrected chi connectivity index (χ4v) is 3.33. The van der Waals surface area contributed by atoms with Crippen LogP contribution in [0.3, 0.4) is 0 Å². The lowest BCUT2D eigenvalue weighted by Gasteiger charge is -2.38. The molecule has 1 fully saturated rings. The molecule has 1 aliphatic rings. The van der Waals surface area contributed by atoms with E-state index < -0.39 is 41.0 Å². The molecule has 0 spiro atoms. The van der Waals surface area contributed by atoms with Gasteiger partial charge in [-0.05, 0) is 29.6 Å². The van der Waals surface area contributed by atoms with E-state index >= 15 is 0 Å². The number of nitrogens with zero attached hydrogens (tertiary/aromatic N) is 1. The Balaban J connectivity index is 1.70. The maximum Gasteiger partial charge on any atom is 0.416 e. The number of carbonyl (C=O) groups is 2. The van der Waals surface area contributed by atoms with Gasteiger partial charge < -0.3 is 10.2 Å². The Morgan fingerprint density at radius 3 is 2.04 bits per heavy atom. The third kappa shape index (κ3) is 4.29. The highest BCUT2D eigenvalue weighted by molar-refractivity contribution is 7.12. The molecule has 0 aliphatic carbocycles. The first-order valence-corrected chi connectivity index (χ1v) is 8.76. The van der Waals surface area contributed by atoms with Gasteiger partial charge in [-0.3, -0.25) is 9.59 Å². The number of thiophene rings is 1. The zero-order chi connectivity index (χ0) is 20.7. The first-order valence-electron chi connectivity index (χ1n) is 7.88. The van der Waals surface area contributed by atoms with Crippen molar-refractivity contribution in [1.82, 2.24) is 4.90 Å². The Labute approximate surface area is 158 Å². The van der Waals surface area contributed by atoms with E-state index in [2.05, 4.69) is 5.32 Å². The molecule has 1 aromatic heterocycles. The van der Waals surface area contributed by atoms with E-state index in [-0.39, 0.29) is 25.1 Å². The zero-order valence-corrected chi connectivity index (χ0v) is 14.7. The molecule has 0 atom stereocenters. The predicted molar refractivity (Wildman–Crippen MR) is 88.8 cm³/mol. The molecule has 2 aromatic rings. The van der Waals surface area contributed by atoms with Crippen LogP contribution in [-0.2, 0) is 17.1 Å². The molecule has 4 nitrogen and oxygen atoms in total. The fourth-order valence-electron chi connectivity index (χ4n) is 2.64. The number of likely N-dealkylation sites (tertiary alicyclic amines) is 1. The number of halogens is 6. The van der Waals surface area contributed by atoms with Crippen molar-refractivity contribution in [2.75, 3.05) is 18.4 Å². The molecular weight excluding hydrogens is 410 g/mol. The van der Waals surface area contributed by atoms with Crippen LogP contribution < -0.4 is 5.32 Å². The van der Waals surface area contributed by atoms with Crippen molar-refractivity contribution >= 4 is 28.8 Å². The average molecular weight is 422 g/mol. The normalized spacial score (nSPS) is 15.3. The molecule has 1 aliphatic heterocycles. The summed E-state index contributed by atoms with van der Waals surface area (Å²) in [5, 5.41) is 3.80. The number of anilines is 1. The van der Waals surface area contributed by atoms with Crippen LogP contribution in [0.4, 0.5) is 32.0 Å². The van der Waals surface area contributed by atoms with Gasteiger partial charge in [0, 0.05) is 18.8 Å². The summed E-state index contributed by atoms with van der Waals surface area (Å²) in [6.07, 6.45) is -10.00. The fraction of sp³-hybridized carbons (Fsp3) is 0.294.